The van der Waals surface area contributed by atoms with Crippen LogP contribution in [0, 0.1) is 0 Å². The second-order valence-electron chi connectivity index (χ2n) is 4.74. The van der Waals surface area contributed by atoms with Gasteiger partial charge in [0.15, 0.2) is 0 Å². The largest absolute Gasteiger partial charge is 0.404 e. The molecule has 1 amide bonds. The minimum Gasteiger partial charge on any atom is -0.404 e. The van der Waals surface area contributed by atoms with E-state index in [4.69, 9.17) is 11.5 Å². The number of anilines is 2. The topological polar surface area (TPSA) is 93.5 Å². The molecule has 0 saturated carbocycles. The molecule has 2 rings (SSSR count). The van der Waals surface area contributed by atoms with Crippen LogP contribution in [0.3, 0.4) is 0 Å². The highest BCUT2D eigenvalue weighted by Gasteiger charge is 2.01. The van der Waals surface area contributed by atoms with Gasteiger partial charge in [-0.25, -0.2) is 0 Å². The average molecular weight is 294 g/mol. The van der Waals surface area contributed by atoms with E-state index in [1.54, 1.807) is 18.3 Å². The van der Waals surface area contributed by atoms with Crippen LogP contribution in [0.15, 0.2) is 59.7 Å². The molecule has 112 valence electrons. The van der Waals surface area contributed by atoms with Crippen LogP contribution in [-0.4, -0.2) is 12.1 Å². The van der Waals surface area contributed by atoms with E-state index in [0.29, 0.717) is 11.4 Å². The summed E-state index contributed by atoms with van der Waals surface area (Å²) in [5.41, 5.74) is 15.1. The molecule has 0 aromatic heterocycles. The van der Waals surface area contributed by atoms with Crippen LogP contribution < -0.4 is 16.8 Å². The maximum absolute atomic E-state index is 11.1. The van der Waals surface area contributed by atoms with Gasteiger partial charge in [-0.05, 0) is 35.9 Å². The maximum atomic E-state index is 11.1. The van der Waals surface area contributed by atoms with Crippen LogP contribution in [0.2, 0.25) is 0 Å². The van der Waals surface area contributed by atoms with Gasteiger partial charge < -0.3 is 16.8 Å². The number of allylic oxidation sites excluding steroid dienone is 1. The molecular formula is C17H18N4O. The summed E-state index contributed by atoms with van der Waals surface area (Å²) in [6, 6.07) is 14.7. The van der Waals surface area contributed by atoms with Gasteiger partial charge in [-0.3, -0.25) is 9.79 Å². The fraction of sp³-hybridized carbons (Fsp3) is 0.0588. The molecule has 0 saturated heterocycles. The Bertz CT molecular complexity index is 735. The molecule has 0 radical (unpaired) electrons. The molecular weight excluding hydrogens is 276 g/mol. The molecule has 0 atom stereocenters. The number of carbonyl (C=O) groups excluding carboxylic acids is 1. The number of carbonyl (C=O) groups is 1. The van der Waals surface area contributed by atoms with Crippen LogP contribution in [0.4, 0.5) is 17.1 Å². The van der Waals surface area contributed by atoms with E-state index < -0.39 is 0 Å². The minimum absolute atomic E-state index is 0.121. The van der Waals surface area contributed by atoms with E-state index in [-0.39, 0.29) is 5.91 Å². The van der Waals surface area contributed by atoms with Gasteiger partial charge in [-0.15, -0.1) is 0 Å². The lowest BCUT2D eigenvalue weighted by Crippen LogP contribution is -2.05. The average Bonchev–Trinajstić information content (AvgIpc) is 2.48. The summed E-state index contributed by atoms with van der Waals surface area (Å²) < 4.78 is 0. The van der Waals surface area contributed by atoms with Gasteiger partial charge in [-0.1, -0.05) is 18.2 Å². The van der Waals surface area contributed by atoms with Gasteiger partial charge in [0.2, 0.25) is 5.91 Å². The predicted octanol–water partition coefficient (Wildman–Crippen LogP) is 2.93. The second kappa shape index (κ2) is 7.08. The van der Waals surface area contributed by atoms with Crippen molar-refractivity contribution in [3.8, 4) is 0 Å². The third-order valence-electron chi connectivity index (χ3n) is 2.92. The Balaban J connectivity index is 2.23. The van der Waals surface area contributed by atoms with E-state index in [1.807, 2.05) is 36.4 Å². The number of nitrogens with zero attached hydrogens (tertiary/aromatic N) is 1. The summed E-state index contributed by atoms with van der Waals surface area (Å²) in [6.45, 7) is 1.47. The van der Waals surface area contributed by atoms with Crippen LogP contribution in [0.25, 0.3) is 5.57 Å². The summed E-state index contributed by atoms with van der Waals surface area (Å²) in [5.74, 6) is -0.121. The normalized spacial score (nSPS) is 11.6. The lowest BCUT2D eigenvalue weighted by Gasteiger charge is -2.06. The van der Waals surface area contributed by atoms with Gasteiger partial charge in [0.25, 0.3) is 0 Å². The molecule has 0 heterocycles. The van der Waals surface area contributed by atoms with Crippen molar-refractivity contribution in [2.75, 3.05) is 11.1 Å². The molecule has 0 bridgehead atoms. The Morgan fingerprint density at radius 1 is 1.18 bits per heavy atom. The van der Waals surface area contributed by atoms with Crippen LogP contribution in [0.5, 0.6) is 0 Å². The summed E-state index contributed by atoms with van der Waals surface area (Å²) in [5, 5.41) is 2.74. The predicted molar refractivity (Wildman–Crippen MR) is 91.9 cm³/mol. The Morgan fingerprint density at radius 2 is 1.95 bits per heavy atom. The number of rotatable bonds is 4. The van der Waals surface area contributed by atoms with Crippen LogP contribution in [0.1, 0.15) is 12.5 Å². The quantitative estimate of drug-likeness (QED) is 0.598. The highest BCUT2D eigenvalue weighted by Crippen LogP contribution is 2.19. The number of hydrogen-bond acceptors (Lipinski definition) is 4. The molecule has 2 aromatic rings. The number of nitrogens with two attached hydrogens (primary N) is 2. The Labute approximate surface area is 129 Å². The molecule has 0 fully saturated rings. The zero-order chi connectivity index (χ0) is 15.9. The highest BCUT2D eigenvalue weighted by atomic mass is 16.1. The number of benzene rings is 2. The molecule has 0 unspecified atom stereocenters. The number of hydrogen-bond donors (Lipinski definition) is 3. The number of aliphatic imine (C=N–C) groups is 1. The molecule has 5 N–H and O–H groups in total. The third-order valence-corrected chi connectivity index (χ3v) is 2.92. The van der Waals surface area contributed by atoms with E-state index in [2.05, 4.69) is 10.3 Å². The van der Waals surface area contributed by atoms with Crippen molar-refractivity contribution in [2.24, 2.45) is 10.7 Å². The standard InChI is InChI=1S/C17H18N4O/c1-12(22)21-17-7-2-4-13(8-17)14(10-18)11-20-16-6-3-5-15(19)9-16/h2-11H,18-19H2,1H3,(H,21,22)/b14-10+,20-11?. The monoisotopic (exact) mass is 294 g/mol. The Hall–Kier alpha value is -3.08. The first kappa shape index (κ1) is 15.3. The summed E-state index contributed by atoms with van der Waals surface area (Å²) in [7, 11) is 0. The van der Waals surface area contributed by atoms with Gasteiger partial charge in [0, 0.05) is 36.3 Å². The van der Waals surface area contributed by atoms with Gasteiger partial charge in [0.1, 0.15) is 0 Å². The van der Waals surface area contributed by atoms with Gasteiger partial charge >= 0.3 is 0 Å². The summed E-state index contributed by atoms with van der Waals surface area (Å²) >= 11 is 0. The van der Waals surface area contributed by atoms with Crippen LogP contribution >= 0.6 is 0 Å². The zero-order valence-electron chi connectivity index (χ0n) is 12.3. The third kappa shape index (κ3) is 4.21. The van der Waals surface area contributed by atoms with Crippen molar-refractivity contribution in [3.63, 3.8) is 0 Å². The highest BCUT2D eigenvalue weighted by molar-refractivity contribution is 6.10. The summed E-state index contributed by atoms with van der Waals surface area (Å²) in [4.78, 5) is 15.5. The van der Waals surface area contributed by atoms with Crippen molar-refractivity contribution in [1.82, 2.24) is 0 Å². The van der Waals surface area contributed by atoms with E-state index in [0.717, 1.165) is 16.8 Å². The molecule has 5 nitrogen and oxygen atoms in total. The number of nitrogens with one attached hydrogen (secondary N) is 1. The molecule has 0 aliphatic heterocycles. The molecule has 2 aromatic carbocycles. The van der Waals surface area contributed by atoms with E-state index >= 15 is 0 Å². The van der Waals surface area contributed by atoms with Crippen molar-refractivity contribution in [3.05, 3.63) is 60.3 Å². The fourth-order valence-electron chi connectivity index (χ4n) is 1.94. The Kier molecular flexibility index (Phi) is 4.93. The van der Waals surface area contributed by atoms with Gasteiger partial charge in [-0.2, -0.15) is 0 Å². The van der Waals surface area contributed by atoms with Crippen molar-refractivity contribution in [1.29, 1.82) is 0 Å². The van der Waals surface area contributed by atoms with Crippen LogP contribution in [-0.2, 0) is 4.79 Å². The minimum atomic E-state index is -0.121. The molecule has 5 heteroatoms. The summed E-state index contributed by atoms with van der Waals surface area (Å²) in [6.07, 6.45) is 3.14. The molecule has 0 spiro atoms. The van der Waals surface area contributed by atoms with Gasteiger partial charge in [0.05, 0.1) is 5.69 Å². The first-order chi connectivity index (χ1) is 10.6. The van der Waals surface area contributed by atoms with E-state index in [9.17, 15) is 4.79 Å². The van der Waals surface area contributed by atoms with Crippen molar-refractivity contribution < 1.29 is 4.79 Å². The Morgan fingerprint density at radius 3 is 2.64 bits per heavy atom. The molecule has 22 heavy (non-hydrogen) atoms. The van der Waals surface area contributed by atoms with E-state index in [1.165, 1.54) is 13.1 Å². The number of amides is 1. The zero-order valence-corrected chi connectivity index (χ0v) is 12.3. The molecule has 0 aliphatic carbocycles. The smallest absolute Gasteiger partial charge is 0.221 e. The molecule has 0 aliphatic rings. The first-order valence-electron chi connectivity index (χ1n) is 6.78. The second-order valence-corrected chi connectivity index (χ2v) is 4.74. The van der Waals surface area contributed by atoms with Crippen molar-refractivity contribution in [2.45, 2.75) is 6.92 Å². The lowest BCUT2D eigenvalue weighted by molar-refractivity contribution is -0.114. The SMILES string of the molecule is CC(=O)Nc1cccc(/C(C=Nc2cccc(N)c2)=C/N)c1. The fourth-order valence-corrected chi connectivity index (χ4v) is 1.94. The van der Waals surface area contributed by atoms with Crippen molar-refractivity contribution >= 4 is 34.8 Å². The number of nitrogen functional groups attached to an aromatic ring is 1. The lowest BCUT2D eigenvalue weighted by atomic mass is 10.1. The maximum Gasteiger partial charge on any atom is 0.221 e. The first-order valence-corrected chi connectivity index (χ1v) is 6.78.